The average Bonchev–Trinajstić information content (AvgIpc) is 1.96. The SMILES string of the molecule is Cc1ccc(CC(N)=O)cc1F. The number of rotatable bonds is 2. The highest BCUT2D eigenvalue weighted by Gasteiger charge is 2.01. The predicted octanol–water partition coefficient (Wildman–Crippen LogP) is 1.16. The Morgan fingerprint density at radius 3 is 2.75 bits per heavy atom. The van der Waals surface area contributed by atoms with E-state index < -0.39 is 5.91 Å². The van der Waals surface area contributed by atoms with Gasteiger partial charge in [0.15, 0.2) is 0 Å². The third kappa shape index (κ3) is 2.05. The highest BCUT2D eigenvalue weighted by atomic mass is 19.1. The molecule has 2 N–H and O–H groups in total. The number of amides is 1. The molecule has 64 valence electrons. The third-order valence-corrected chi connectivity index (χ3v) is 1.61. The van der Waals surface area contributed by atoms with Crippen LogP contribution in [0.3, 0.4) is 0 Å². The molecule has 0 bridgehead atoms. The van der Waals surface area contributed by atoms with Crippen LogP contribution in [0.1, 0.15) is 11.1 Å². The Labute approximate surface area is 70.2 Å². The van der Waals surface area contributed by atoms with Crippen LogP contribution in [0.15, 0.2) is 18.2 Å². The van der Waals surface area contributed by atoms with Crippen molar-refractivity contribution in [1.82, 2.24) is 0 Å². The fraction of sp³-hybridized carbons (Fsp3) is 0.222. The highest BCUT2D eigenvalue weighted by molar-refractivity contribution is 5.76. The minimum absolute atomic E-state index is 0.0944. The van der Waals surface area contributed by atoms with Crippen molar-refractivity contribution in [2.24, 2.45) is 5.73 Å². The molecule has 0 aromatic heterocycles. The average molecular weight is 167 g/mol. The summed E-state index contributed by atoms with van der Waals surface area (Å²) in [7, 11) is 0. The van der Waals surface area contributed by atoms with Gasteiger partial charge in [-0.15, -0.1) is 0 Å². The summed E-state index contributed by atoms with van der Waals surface area (Å²) in [5.41, 5.74) is 6.14. The maximum Gasteiger partial charge on any atom is 0.221 e. The number of halogens is 1. The Morgan fingerprint density at radius 1 is 1.58 bits per heavy atom. The van der Waals surface area contributed by atoms with E-state index in [0.29, 0.717) is 11.1 Å². The Balaban J connectivity index is 2.89. The van der Waals surface area contributed by atoms with Crippen molar-refractivity contribution in [2.45, 2.75) is 13.3 Å². The summed E-state index contributed by atoms with van der Waals surface area (Å²) in [6.45, 7) is 1.67. The number of carbonyl (C=O) groups excluding carboxylic acids is 1. The summed E-state index contributed by atoms with van der Waals surface area (Å²) in [6, 6.07) is 4.66. The lowest BCUT2D eigenvalue weighted by Crippen LogP contribution is -2.13. The van der Waals surface area contributed by atoms with E-state index in [2.05, 4.69) is 0 Å². The molecule has 1 amide bonds. The van der Waals surface area contributed by atoms with Crippen LogP contribution in [-0.2, 0) is 11.2 Å². The van der Waals surface area contributed by atoms with Gasteiger partial charge in [-0.05, 0) is 24.1 Å². The second-order valence-electron chi connectivity index (χ2n) is 2.73. The van der Waals surface area contributed by atoms with Crippen LogP contribution in [-0.4, -0.2) is 5.91 Å². The Hall–Kier alpha value is -1.38. The lowest BCUT2D eigenvalue weighted by Gasteiger charge is -1.99. The Kier molecular flexibility index (Phi) is 2.43. The molecule has 1 aromatic rings. The van der Waals surface area contributed by atoms with Crippen molar-refractivity contribution < 1.29 is 9.18 Å². The number of hydrogen-bond acceptors (Lipinski definition) is 1. The molecule has 0 spiro atoms. The van der Waals surface area contributed by atoms with Gasteiger partial charge in [0, 0.05) is 0 Å². The first-order valence-corrected chi connectivity index (χ1v) is 3.63. The Morgan fingerprint density at radius 2 is 2.25 bits per heavy atom. The molecular formula is C9H10FNO. The van der Waals surface area contributed by atoms with E-state index >= 15 is 0 Å². The molecule has 0 radical (unpaired) electrons. The van der Waals surface area contributed by atoms with Gasteiger partial charge < -0.3 is 5.73 Å². The molecule has 1 rings (SSSR count). The molecule has 0 atom stereocenters. The monoisotopic (exact) mass is 167 g/mol. The summed E-state index contributed by atoms with van der Waals surface area (Å²) in [5, 5.41) is 0. The summed E-state index contributed by atoms with van der Waals surface area (Å²) >= 11 is 0. The molecule has 3 heteroatoms. The second-order valence-corrected chi connectivity index (χ2v) is 2.73. The minimum atomic E-state index is -0.446. The fourth-order valence-corrected chi connectivity index (χ4v) is 0.948. The molecule has 0 saturated heterocycles. The first-order chi connectivity index (χ1) is 5.59. The number of aryl methyl sites for hydroxylation is 1. The topological polar surface area (TPSA) is 43.1 Å². The Bertz CT molecular complexity index is 309. The summed E-state index contributed by atoms with van der Waals surface area (Å²) in [4.78, 5) is 10.5. The van der Waals surface area contributed by atoms with Gasteiger partial charge in [0.25, 0.3) is 0 Å². The lowest BCUT2D eigenvalue weighted by molar-refractivity contribution is -0.117. The van der Waals surface area contributed by atoms with E-state index in [9.17, 15) is 9.18 Å². The van der Waals surface area contributed by atoms with Crippen LogP contribution in [0.25, 0.3) is 0 Å². The summed E-state index contributed by atoms with van der Waals surface area (Å²) in [5.74, 6) is -0.744. The zero-order valence-corrected chi connectivity index (χ0v) is 6.80. The highest BCUT2D eigenvalue weighted by Crippen LogP contribution is 2.09. The number of nitrogens with two attached hydrogens (primary N) is 1. The minimum Gasteiger partial charge on any atom is -0.369 e. The van der Waals surface area contributed by atoms with E-state index in [0.717, 1.165) is 0 Å². The number of carbonyl (C=O) groups is 1. The zero-order valence-electron chi connectivity index (χ0n) is 6.80. The van der Waals surface area contributed by atoms with Crippen LogP contribution in [0, 0.1) is 12.7 Å². The molecule has 0 aliphatic carbocycles. The van der Waals surface area contributed by atoms with Crippen molar-refractivity contribution >= 4 is 5.91 Å². The summed E-state index contributed by atoms with van der Waals surface area (Å²) < 4.78 is 12.9. The zero-order chi connectivity index (χ0) is 9.14. The molecule has 0 aliphatic heterocycles. The molecule has 0 aliphatic rings. The van der Waals surface area contributed by atoms with Crippen LogP contribution in [0.5, 0.6) is 0 Å². The van der Waals surface area contributed by atoms with Crippen LogP contribution < -0.4 is 5.73 Å². The third-order valence-electron chi connectivity index (χ3n) is 1.61. The molecule has 0 unspecified atom stereocenters. The first kappa shape index (κ1) is 8.71. The molecular weight excluding hydrogens is 157 g/mol. The number of primary amides is 1. The lowest BCUT2D eigenvalue weighted by atomic mass is 10.1. The van der Waals surface area contributed by atoms with E-state index in [1.54, 1.807) is 19.1 Å². The molecule has 1 aromatic carbocycles. The van der Waals surface area contributed by atoms with Crippen molar-refractivity contribution in [3.63, 3.8) is 0 Å². The van der Waals surface area contributed by atoms with Gasteiger partial charge in [-0.3, -0.25) is 4.79 Å². The van der Waals surface area contributed by atoms with E-state index in [1.165, 1.54) is 6.07 Å². The van der Waals surface area contributed by atoms with E-state index in [-0.39, 0.29) is 12.2 Å². The predicted molar refractivity (Wildman–Crippen MR) is 44.0 cm³/mol. The van der Waals surface area contributed by atoms with Crippen molar-refractivity contribution in [3.8, 4) is 0 Å². The van der Waals surface area contributed by atoms with Crippen LogP contribution >= 0.6 is 0 Å². The smallest absolute Gasteiger partial charge is 0.221 e. The van der Waals surface area contributed by atoms with Crippen molar-refractivity contribution in [2.75, 3.05) is 0 Å². The van der Waals surface area contributed by atoms with Gasteiger partial charge in [-0.25, -0.2) is 4.39 Å². The van der Waals surface area contributed by atoms with Crippen molar-refractivity contribution in [3.05, 3.63) is 35.1 Å². The molecule has 12 heavy (non-hydrogen) atoms. The number of hydrogen-bond donors (Lipinski definition) is 1. The quantitative estimate of drug-likeness (QED) is 0.705. The van der Waals surface area contributed by atoms with Gasteiger partial charge >= 0.3 is 0 Å². The fourth-order valence-electron chi connectivity index (χ4n) is 0.948. The first-order valence-electron chi connectivity index (χ1n) is 3.63. The van der Waals surface area contributed by atoms with E-state index in [4.69, 9.17) is 5.73 Å². The van der Waals surface area contributed by atoms with Crippen LogP contribution in [0.4, 0.5) is 4.39 Å². The number of benzene rings is 1. The van der Waals surface area contributed by atoms with Crippen molar-refractivity contribution in [1.29, 1.82) is 0 Å². The largest absolute Gasteiger partial charge is 0.369 e. The van der Waals surface area contributed by atoms with Gasteiger partial charge in [0.05, 0.1) is 6.42 Å². The maximum atomic E-state index is 12.9. The maximum absolute atomic E-state index is 12.9. The standard InChI is InChI=1S/C9H10FNO/c1-6-2-3-7(4-8(6)10)5-9(11)12/h2-4H,5H2,1H3,(H2,11,12). The van der Waals surface area contributed by atoms with Gasteiger partial charge in [0.2, 0.25) is 5.91 Å². The van der Waals surface area contributed by atoms with Gasteiger partial charge in [0.1, 0.15) is 5.82 Å². The second kappa shape index (κ2) is 3.34. The molecule has 0 saturated carbocycles. The van der Waals surface area contributed by atoms with Gasteiger partial charge in [-0.1, -0.05) is 12.1 Å². The normalized spacial score (nSPS) is 9.83. The van der Waals surface area contributed by atoms with Crippen LogP contribution in [0.2, 0.25) is 0 Å². The molecule has 0 fully saturated rings. The molecule has 2 nitrogen and oxygen atoms in total. The summed E-state index contributed by atoms with van der Waals surface area (Å²) in [6.07, 6.45) is 0.0944. The van der Waals surface area contributed by atoms with E-state index in [1.807, 2.05) is 0 Å². The molecule has 0 heterocycles. The van der Waals surface area contributed by atoms with Gasteiger partial charge in [-0.2, -0.15) is 0 Å².